The van der Waals surface area contributed by atoms with Crippen LogP contribution in [0.2, 0.25) is 0 Å². The Morgan fingerprint density at radius 1 is 1.14 bits per heavy atom. The van der Waals surface area contributed by atoms with Gasteiger partial charge < -0.3 is 14.0 Å². The van der Waals surface area contributed by atoms with Gasteiger partial charge in [-0.25, -0.2) is 9.78 Å². The third kappa shape index (κ3) is 3.55. The van der Waals surface area contributed by atoms with Crippen LogP contribution in [0.25, 0.3) is 10.9 Å². The van der Waals surface area contributed by atoms with Crippen molar-refractivity contribution in [2.45, 2.75) is 27.4 Å². The van der Waals surface area contributed by atoms with E-state index in [0.29, 0.717) is 16.8 Å². The first-order valence-corrected chi connectivity index (χ1v) is 9.05. The van der Waals surface area contributed by atoms with E-state index in [4.69, 9.17) is 9.47 Å². The highest BCUT2D eigenvalue weighted by molar-refractivity contribution is 6.02. The summed E-state index contributed by atoms with van der Waals surface area (Å²) in [5.41, 5.74) is 4.80. The molecular weight excluding hydrogens is 356 g/mol. The van der Waals surface area contributed by atoms with E-state index < -0.39 is 5.97 Å². The van der Waals surface area contributed by atoms with Crippen LogP contribution in [0.5, 0.6) is 0 Å². The molecule has 0 bridgehead atoms. The van der Waals surface area contributed by atoms with Crippen LogP contribution in [-0.4, -0.2) is 35.0 Å². The average Bonchev–Trinajstić information content (AvgIpc) is 2.94. The quantitative estimate of drug-likeness (QED) is 0.482. The van der Waals surface area contributed by atoms with Crippen LogP contribution in [0.1, 0.15) is 43.4 Å². The molecule has 0 aliphatic heterocycles. The van der Waals surface area contributed by atoms with Crippen LogP contribution in [-0.2, 0) is 23.1 Å². The maximum Gasteiger partial charge on any atom is 0.340 e. The Balaban J connectivity index is 1.88. The van der Waals surface area contributed by atoms with Gasteiger partial charge in [-0.05, 0) is 38.5 Å². The maximum absolute atomic E-state index is 12.8. The van der Waals surface area contributed by atoms with Crippen LogP contribution in [0.4, 0.5) is 0 Å². The molecule has 2 aromatic heterocycles. The summed E-state index contributed by atoms with van der Waals surface area (Å²) in [4.78, 5) is 29.9. The number of fused-ring (bicyclic) bond motifs is 1. The van der Waals surface area contributed by atoms with Gasteiger partial charge in [-0.2, -0.15) is 0 Å². The normalized spacial score (nSPS) is 11.0. The van der Waals surface area contributed by atoms with Gasteiger partial charge in [-0.1, -0.05) is 18.2 Å². The third-order valence-electron chi connectivity index (χ3n) is 5.12. The predicted molar refractivity (Wildman–Crippen MR) is 107 cm³/mol. The number of hydrogen-bond donors (Lipinski definition) is 0. The second kappa shape index (κ2) is 7.94. The van der Waals surface area contributed by atoms with Crippen molar-refractivity contribution in [2.24, 2.45) is 7.05 Å². The number of para-hydroxylation sites is 1. The fraction of sp³-hybridized carbons (Fsp3) is 0.318. The second-order valence-electron chi connectivity index (χ2n) is 6.85. The monoisotopic (exact) mass is 380 g/mol. The molecule has 3 rings (SSSR count). The Morgan fingerprint density at radius 3 is 2.50 bits per heavy atom. The highest BCUT2D eigenvalue weighted by Crippen LogP contribution is 2.24. The number of Topliss-reactive ketones (excluding diaryl/α,β-unsaturated/α-hetero) is 1. The number of ketones is 1. The molecule has 3 aromatic rings. The molecule has 146 valence electrons. The summed E-state index contributed by atoms with van der Waals surface area (Å²) in [6.07, 6.45) is 0. The number of benzene rings is 1. The zero-order valence-corrected chi connectivity index (χ0v) is 16.8. The van der Waals surface area contributed by atoms with Gasteiger partial charge in [0.05, 0.1) is 23.4 Å². The fourth-order valence-corrected chi connectivity index (χ4v) is 3.37. The van der Waals surface area contributed by atoms with Crippen LogP contribution in [0.3, 0.4) is 0 Å². The van der Waals surface area contributed by atoms with E-state index in [1.54, 1.807) is 7.11 Å². The van der Waals surface area contributed by atoms with E-state index in [1.807, 2.05) is 62.7 Å². The van der Waals surface area contributed by atoms with Gasteiger partial charge in [0.15, 0.2) is 6.61 Å². The van der Waals surface area contributed by atoms with Gasteiger partial charge in [0, 0.05) is 36.5 Å². The second-order valence-corrected chi connectivity index (χ2v) is 6.85. The molecule has 0 N–H and O–H groups in total. The molecule has 2 heterocycles. The highest BCUT2D eigenvalue weighted by atomic mass is 16.5. The number of esters is 1. The first-order chi connectivity index (χ1) is 13.3. The molecule has 6 nitrogen and oxygen atoms in total. The molecule has 0 spiro atoms. The van der Waals surface area contributed by atoms with Crippen molar-refractivity contribution in [1.29, 1.82) is 0 Å². The number of carbonyl (C=O) groups excluding carboxylic acids is 2. The minimum atomic E-state index is -0.568. The van der Waals surface area contributed by atoms with Gasteiger partial charge in [0.25, 0.3) is 0 Å². The van der Waals surface area contributed by atoms with Crippen LogP contribution in [0, 0.1) is 20.8 Å². The number of rotatable bonds is 6. The smallest absolute Gasteiger partial charge is 0.340 e. The molecule has 28 heavy (non-hydrogen) atoms. The summed E-state index contributed by atoms with van der Waals surface area (Å²) < 4.78 is 12.5. The van der Waals surface area contributed by atoms with Gasteiger partial charge in [-0.3, -0.25) is 4.79 Å². The SMILES string of the molecule is COCc1nc2ccccc2c(C)c1C(=O)OCC(=O)c1cc(C)n(C)c1C. The van der Waals surface area contributed by atoms with Crippen molar-refractivity contribution >= 4 is 22.7 Å². The molecule has 0 fully saturated rings. The van der Waals surface area contributed by atoms with E-state index in [1.165, 1.54) is 0 Å². The maximum atomic E-state index is 12.8. The van der Waals surface area contributed by atoms with E-state index in [0.717, 1.165) is 27.9 Å². The Bertz CT molecular complexity index is 1070. The summed E-state index contributed by atoms with van der Waals surface area (Å²) in [7, 11) is 3.44. The first-order valence-electron chi connectivity index (χ1n) is 9.05. The molecule has 0 aliphatic carbocycles. The molecule has 0 saturated heterocycles. The lowest BCUT2D eigenvalue weighted by molar-refractivity contribution is 0.0469. The van der Waals surface area contributed by atoms with Gasteiger partial charge >= 0.3 is 5.97 Å². The summed E-state index contributed by atoms with van der Waals surface area (Å²) >= 11 is 0. The lowest BCUT2D eigenvalue weighted by atomic mass is 10.0. The van der Waals surface area contributed by atoms with E-state index in [2.05, 4.69) is 4.98 Å². The van der Waals surface area contributed by atoms with Crippen LogP contribution < -0.4 is 0 Å². The topological polar surface area (TPSA) is 70.4 Å². The minimum Gasteiger partial charge on any atom is -0.454 e. The van der Waals surface area contributed by atoms with Gasteiger partial charge in [0.2, 0.25) is 5.78 Å². The lowest BCUT2D eigenvalue weighted by Gasteiger charge is -2.13. The number of nitrogens with zero attached hydrogens (tertiary/aromatic N) is 2. The van der Waals surface area contributed by atoms with Crippen molar-refractivity contribution < 1.29 is 19.1 Å². The Kier molecular flexibility index (Phi) is 5.61. The Labute approximate surface area is 164 Å². The zero-order chi connectivity index (χ0) is 20.4. The largest absolute Gasteiger partial charge is 0.454 e. The summed E-state index contributed by atoms with van der Waals surface area (Å²) in [5, 5.41) is 0.871. The summed E-state index contributed by atoms with van der Waals surface area (Å²) in [5.74, 6) is -0.796. The molecule has 0 saturated carbocycles. The number of ether oxygens (including phenoxy) is 2. The van der Waals surface area contributed by atoms with E-state index >= 15 is 0 Å². The molecule has 1 aromatic carbocycles. The van der Waals surface area contributed by atoms with Crippen LogP contribution in [0.15, 0.2) is 30.3 Å². The molecular formula is C22H24N2O4. The van der Waals surface area contributed by atoms with Crippen molar-refractivity contribution in [3.63, 3.8) is 0 Å². The molecule has 0 atom stereocenters. The number of aryl methyl sites for hydroxylation is 2. The summed E-state index contributed by atoms with van der Waals surface area (Å²) in [6.45, 7) is 5.52. The average molecular weight is 380 g/mol. The molecule has 0 unspecified atom stereocenters. The third-order valence-corrected chi connectivity index (χ3v) is 5.12. The number of methoxy groups -OCH3 is 1. The fourth-order valence-electron chi connectivity index (χ4n) is 3.37. The molecule has 0 radical (unpaired) electrons. The Morgan fingerprint density at radius 2 is 1.86 bits per heavy atom. The lowest BCUT2D eigenvalue weighted by Crippen LogP contribution is -2.18. The standard InChI is InChI=1S/C22H24N2O4/c1-13-10-17(15(3)24(13)4)20(25)12-28-22(26)21-14(2)16-8-6-7-9-18(16)23-19(21)11-27-5/h6-10H,11-12H2,1-5H3. The van der Waals surface area contributed by atoms with Gasteiger partial charge in [0.1, 0.15) is 0 Å². The summed E-state index contributed by atoms with van der Waals surface area (Å²) in [6, 6.07) is 9.40. The molecule has 6 heteroatoms. The zero-order valence-electron chi connectivity index (χ0n) is 16.8. The number of carbonyl (C=O) groups is 2. The van der Waals surface area contributed by atoms with Crippen LogP contribution >= 0.6 is 0 Å². The van der Waals surface area contributed by atoms with E-state index in [9.17, 15) is 9.59 Å². The number of aromatic nitrogens is 2. The van der Waals surface area contributed by atoms with E-state index in [-0.39, 0.29) is 19.0 Å². The highest BCUT2D eigenvalue weighted by Gasteiger charge is 2.22. The van der Waals surface area contributed by atoms with Crippen molar-refractivity contribution in [3.8, 4) is 0 Å². The van der Waals surface area contributed by atoms with Crippen molar-refractivity contribution in [1.82, 2.24) is 9.55 Å². The Hall–Kier alpha value is -2.99. The number of pyridine rings is 1. The molecule has 0 aliphatic rings. The van der Waals surface area contributed by atoms with Crippen molar-refractivity contribution in [3.05, 3.63) is 64.1 Å². The van der Waals surface area contributed by atoms with Crippen molar-refractivity contribution in [2.75, 3.05) is 13.7 Å². The number of hydrogen-bond acceptors (Lipinski definition) is 5. The minimum absolute atomic E-state index is 0.182. The first kappa shape index (κ1) is 19.8. The predicted octanol–water partition coefficient (Wildman–Crippen LogP) is 3.68. The molecule has 0 amide bonds. The van der Waals surface area contributed by atoms with Gasteiger partial charge in [-0.15, -0.1) is 0 Å².